The van der Waals surface area contributed by atoms with E-state index in [-0.39, 0.29) is 5.92 Å². The van der Waals surface area contributed by atoms with E-state index in [2.05, 4.69) is 30.3 Å². The number of para-hydroxylation sites is 1. The number of anilines is 1. The van der Waals surface area contributed by atoms with Crippen molar-refractivity contribution in [3.8, 4) is 0 Å². The summed E-state index contributed by atoms with van der Waals surface area (Å²) in [6.45, 7) is 0.678. The van der Waals surface area contributed by atoms with Crippen LogP contribution in [0.5, 0.6) is 0 Å². The summed E-state index contributed by atoms with van der Waals surface area (Å²) < 4.78 is 0. The minimum Gasteiger partial charge on any atom is -0.307 e. The predicted octanol–water partition coefficient (Wildman–Crippen LogP) is 5.29. The number of carbonyl (C=O) groups excluding carboxylic acids is 1. The van der Waals surface area contributed by atoms with E-state index < -0.39 is 0 Å². The molecule has 0 radical (unpaired) electrons. The lowest BCUT2D eigenvalue weighted by Crippen LogP contribution is -2.29. The van der Waals surface area contributed by atoms with Crippen molar-refractivity contribution in [3.63, 3.8) is 0 Å². The van der Waals surface area contributed by atoms with Gasteiger partial charge in [-0.2, -0.15) is 0 Å². The standard InChI is InChI=1S/C22H25NO/c24-22-20(15-17-9-3-1-4-10-17)19-13-7-8-14-21(19)23(22)16-18-11-5-2-6-12-18/h2,5-8,11-14,17,20H,1,3-4,9-10,15-16H2. The highest BCUT2D eigenvalue weighted by Crippen LogP contribution is 2.43. The van der Waals surface area contributed by atoms with Crippen LogP contribution in [0.15, 0.2) is 54.6 Å². The molecule has 2 aliphatic rings. The molecule has 1 saturated carbocycles. The third kappa shape index (κ3) is 2.98. The van der Waals surface area contributed by atoms with E-state index in [0.29, 0.717) is 12.5 Å². The summed E-state index contributed by atoms with van der Waals surface area (Å²) in [6.07, 6.45) is 7.66. The molecule has 1 aliphatic heterocycles. The van der Waals surface area contributed by atoms with Gasteiger partial charge in [-0.1, -0.05) is 80.6 Å². The van der Waals surface area contributed by atoms with Crippen LogP contribution in [0, 0.1) is 5.92 Å². The fourth-order valence-corrected chi connectivity index (χ4v) is 4.38. The van der Waals surface area contributed by atoms with Crippen LogP contribution in [0.25, 0.3) is 0 Å². The molecule has 2 nitrogen and oxygen atoms in total. The summed E-state index contributed by atoms with van der Waals surface area (Å²) in [5, 5.41) is 0. The van der Waals surface area contributed by atoms with Crippen LogP contribution >= 0.6 is 0 Å². The van der Waals surface area contributed by atoms with Gasteiger partial charge in [0.1, 0.15) is 0 Å². The summed E-state index contributed by atoms with van der Waals surface area (Å²) in [5.74, 6) is 1.08. The van der Waals surface area contributed by atoms with Gasteiger partial charge in [0.05, 0.1) is 12.5 Å². The number of benzene rings is 2. The Morgan fingerprint density at radius 1 is 0.875 bits per heavy atom. The van der Waals surface area contributed by atoms with E-state index in [1.54, 1.807) is 0 Å². The normalized spacial score (nSPS) is 21.1. The molecule has 2 aromatic carbocycles. The minimum absolute atomic E-state index is 0.0630. The Balaban J connectivity index is 1.59. The van der Waals surface area contributed by atoms with E-state index in [1.807, 2.05) is 29.2 Å². The van der Waals surface area contributed by atoms with Crippen molar-refractivity contribution in [2.75, 3.05) is 4.90 Å². The lowest BCUT2D eigenvalue weighted by Gasteiger charge is -2.24. The van der Waals surface area contributed by atoms with Crippen LogP contribution in [0.3, 0.4) is 0 Å². The molecule has 0 aromatic heterocycles. The maximum Gasteiger partial charge on any atom is 0.234 e. The van der Waals surface area contributed by atoms with Gasteiger partial charge in [-0.25, -0.2) is 0 Å². The SMILES string of the molecule is O=C1C(CC2CCCCC2)c2ccccc2N1Cc1ccccc1. The number of hydrogen-bond acceptors (Lipinski definition) is 1. The molecule has 0 bridgehead atoms. The molecule has 1 aliphatic carbocycles. The molecule has 2 heteroatoms. The number of carbonyl (C=O) groups is 1. The third-order valence-electron chi connectivity index (χ3n) is 5.64. The lowest BCUT2D eigenvalue weighted by atomic mass is 9.81. The molecule has 0 saturated heterocycles. The zero-order valence-electron chi connectivity index (χ0n) is 14.2. The fraction of sp³-hybridized carbons (Fsp3) is 0.409. The van der Waals surface area contributed by atoms with Crippen molar-refractivity contribution in [1.82, 2.24) is 0 Å². The second-order valence-corrected chi connectivity index (χ2v) is 7.26. The van der Waals surface area contributed by atoms with Gasteiger partial charge in [0.15, 0.2) is 0 Å². The zero-order chi connectivity index (χ0) is 16.4. The topological polar surface area (TPSA) is 20.3 Å². The summed E-state index contributed by atoms with van der Waals surface area (Å²) >= 11 is 0. The van der Waals surface area contributed by atoms with E-state index in [1.165, 1.54) is 43.2 Å². The molecule has 2 aromatic rings. The van der Waals surface area contributed by atoms with E-state index in [4.69, 9.17) is 0 Å². The summed E-state index contributed by atoms with van der Waals surface area (Å²) in [5.41, 5.74) is 3.55. The van der Waals surface area contributed by atoms with Gasteiger partial charge < -0.3 is 4.90 Å². The number of rotatable bonds is 4. The minimum atomic E-state index is 0.0630. The highest BCUT2D eigenvalue weighted by molar-refractivity contribution is 6.04. The Bertz CT molecular complexity index is 703. The Labute approximate surface area is 144 Å². The maximum atomic E-state index is 13.2. The molecular formula is C22H25NO. The van der Waals surface area contributed by atoms with Crippen LogP contribution in [-0.4, -0.2) is 5.91 Å². The first-order valence-corrected chi connectivity index (χ1v) is 9.27. The summed E-state index contributed by atoms with van der Waals surface area (Å²) in [4.78, 5) is 15.2. The van der Waals surface area contributed by atoms with E-state index >= 15 is 0 Å². The van der Waals surface area contributed by atoms with E-state index in [9.17, 15) is 4.79 Å². The maximum absolute atomic E-state index is 13.2. The monoisotopic (exact) mass is 319 g/mol. The molecule has 0 N–H and O–H groups in total. The zero-order valence-corrected chi connectivity index (χ0v) is 14.2. The van der Waals surface area contributed by atoms with Gasteiger partial charge >= 0.3 is 0 Å². The van der Waals surface area contributed by atoms with Crippen LogP contribution in [0.1, 0.15) is 55.6 Å². The molecule has 1 fully saturated rings. The second kappa shape index (κ2) is 6.80. The predicted molar refractivity (Wildman–Crippen MR) is 98.0 cm³/mol. The van der Waals surface area contributed by atoms with Crippen molar-refractivity contribution < 1.29 is 4.79 Å². The lowest BCUT2D eigenvalue weighted by molar-refractivity contribution is -0.119. The molecule has 124 valence electrons. The first-order valence-electron chi connectivity index (χ1n) is 9.27. The van der Waals surface area contributed by atoms with Crippen LogP contribution < -0.4 is 4.90 Å². The van der Waals surface area contributed by atoms with Gasteiger partial charge in [-0.15, -0.1) is 0 Å². The Kier molecular flexibility index (Phi) is 4.38. The van der Waals surface area contributed by atoms with Crippen LogP contribution in [-0.2, 0) is 11.3 Å². The van der Waals surface area contributed by atoms with Gasteiger partial charge in [-0.3, -0.25) is 4.79 Å². The van der Waals surface area contributed by atoms with Gasteiger partial charge in [0.2, 0.25) is 5.91 Å². The first-order chi connectivity index (χ1) is 11.8. The smallest absolute Gasteiger partial charge is 0.234 e. The average molecular weight is 319 g/mol. The highest BCUT2D eigenvalue weighted by Gasteiger charge is 2.38. The molecule has 1 amide bonds. The largest absolute Gasteiger partial charge is 0.307 e. The van der Waals surface area contributed by atoms with Gasteiger partial charge in [-0.05, 0) is 29.5 Å². The van der Waals surface area contributed by atoms with Gasteiger partial charge in [0.25, 0.3) is 0 Å². The van der Waals surface area contributed by atoms with E-state index in [0.717, 1.165) is 18.0 Å². The summed E-state index contributed by atoms with van der Waals surface area (Å²) in [6, 6.07) is 18.7. The quantitative estimate of drug-likeness (QED) is 0.750. The van der Waals surface area contributed by atoms with Crippen molar-refractivity contribution in [3.05, 3.63) is 65.7 Å². The molecule has 1 unspecified atom stereocenters. The Morgan fingerprint density at radius 3 is 2.38 bits per heavy atom. The molecular weight excluding hydrogens is 294 g/mol. The highest BCUT2D eigenvalue weighted by atomic mass is 16.2. The number of amides is 1. The van der Waals surface area contributed by atoms with Gasteiger partial charge in [0, 0.05) is 5.69 Å². The average Bonchev–Trinajstić information content (AvgIpc) is 2.90. The second-order valence-electron chi connectivity index (χ2n) is 7.26. The molecule has 1 heterocycles. The molecule has 4 rings (SSSR count). The van der Waals surface area contributed by atoms with Crippen LogP contribution in [0.4, 0.5) is 5.69 Å². The number of fused-ring (bicyclic) bond motifs is 1. The molecule has 0 spiro atoms. The third-order valence-corrected chi connectivity index (χ3v) is 5.64. The number of hydrogen-bond donors (Lipinski definition) is 0. The Morgan fingerprint density at radius 2 is 1.58 bits per heavy atom. The Hall–Kier alpha value is -2.09. The van der Waals surface area contributed by atoms with Crippen molar-refractivity contribution >= 4 is 11.6 Å². The van der Waals surface area contributed by atoms with Crippen molar-refractivity contribution in [2.45, 2.75) is 51.0 Å². The van der Waals surface area contributed by atoms with Crippen molar-refractivity contribution in [1.29, 1.82) is 0 Å². The van der Waals surface area contributed by atoms with Crippen LogP contribution in [0.2, 0.25) is 0 Å². The molecule has 1 atom stereocenters. The fourth-order valence-electron chi connectivity index (χ4n) is 4.38. The van der Waals surface area contributed by atoms with Crippen molar-refractivity contribution in [2.24, 2.45) is 5.92 Å². The number of nitrogens with zero attached hydrogens (tertiary/aromatic N) is 1. The first kappa shape index (κ1) is 15.4. The summed E-state index contributed by atoms with van der Waals surface area (Å²) in [7, 11) is 0. The molecule has 24 heavy (non-hydrogen) atoms.